The second-order valence-electron chi connectivity index (χ2n) is 7.62. The predicted molar refractivity (Wildman–Crippen MR) is 85.8 cm³/mol. The van der Waals surface area contributed by atoms with Crippen LogP contribution in [-0.4, -0.2) is 29.1 Å². The van der Waals surface area contributed by atoms with Crippen molar-refractivity contribution in [1.82, 2.24) is 10.2 Å². The first-order valence-electron chi connectivity index (χ1n) is 9.29. The Balaban J connectivity index is 1.68. The van der Waals surface area contributed by atoms with E-state index in [1.807, 2.05) is 0 Å². The molecule has 0 aromatic rings. The van der Waals surface area contributed by atoms with Gasteiger partial charge in [-0.15, -0.1) is 0 Å². The average Bonchev–Trinajstić information content (AvgIpc) is 3.01. The van der Waals surface area contributed by atoms with Crippen LogP contribution in [0.4, 0.5) is 0 Å². The van der Waals surface area contributed by atoms with Crippen LogP contribution in [0.1, 0.15) is 78.1 Å². The fourth-order valence-electron chi connectivity index (χ4n) is 4.37. The van der Waals surface area contributed by atoms with Crippen molar-refractivity contribution in [2.45, 2.75) is 96.3 Å². The van der Waals surface area contributed by atoms with Gasteiger partial charge < -0.3 is 4.90 Å². The van der Waals surface area contributed by atoms with E-state index in [9.17, 15) is 4.79 Å². The summed E-state index contributed by atoms with van der Waals surface area (Å²) in [5.74, 6) is 1.99. The molecule has 2 aliphatic carbocycles. The number of amides is 1. The normalized spacial score (nSPS) is 32.1. The maximum absolute atomic E-state index is 12.9. The van der Waals surface area contributed by atoms with Crippen molar-refractivity contribution in [2.24, 2.45) is 11.8 Å². The van der Waals surface area contributed by atoms with E-state index in [1.165, 1.54) is 51.4 Å². The minimum absolute atomic E-state index is 0.0946. The minimum Gasteiger partial charge on any atom is -0.323 e. The van der Waals surface area contributed by atoms with Crippen LogP contribution in [-0.2, 0) is 4.79 Å². The summed E-state index contributed by atoms with van der Waals surface area (Å²) >= 11 is 0. The second kappa shape index (κ2) is 6.68. The van der Waals surface area contributed by atoms with Gasteiger partial charge in [0.1, 0.15) is 0 Å². The topological polar surface area (TPSA) is 32.3 Å². The molecule has 3 fully saturated rings. The van der Waals surface area contributed by atoms with E-state index in [4.69, 9.17) is 0 Å². The summed E-state index contributed by atoms with van der Waals surface area (Å²) in [5.41, 5.74) is 0. The zero-order valence-electron chi connectivity index (χ0n) is 13.8. The van der Waals surface area contributed by atoms with Crippen LogP contribution in [0.3, 0.4) is 0 Å². The molecule has 3 nitrogen and oxygen atoms in total. The first-order valence-corrected chi connectivity index (χ1v) is 9.29. The lowest BCUT2D eigenvalue weighted by Gasteiger charge is -2.34. The number of carbonyl (C=O) groups excluding carboxylic acids is 1. The van der Waals surface area contributed by atoms with Gasteiger partial charge in [0.15, 0.2) is 0 Å². The van der Waals surface area contributed by atoms with Gasteiger partial charge in [-0.3, -0.25) is 10.1 Å². The van der Waals surface area contributed by atoms with Crippen LogP contribution in [0.25, 0.3) is 0 Å². The van der Waals surface area contributed by atoms with E-state index >= 15 is 0 Å². The van der Waals surface area contributed by atoms with Crippen molar-refractivity contribution in [2.75, 3.05) is 0 Å². The Hall–Kier alpha value is -0.570. The Morgan fingerprint density at radius 2 is 1.95 bits per heavy atom. The molecular weight excluding hydrogens is 260 g/mol. The van der Waals surface area contributed by atoms with E-state index in [-0.39, 0.29) is 6.04 Å². The summed E-state index contributed by atoms with van der Waals surface area (Å²) in [5, 5.41) is 3.72. The molecule has 2 saturated carbocycles. The second-order valence-corrected chi connectivity index (χ2v) is 7.62. The van der Waals surface area contributed by atoms with Crippen molar-refractivity contribution in [3.05, 3.63) is 0 Å². The Morgan fingerprint density at radius 3 is 2.57 bits per heavy atom. The SMILES string of the molecule is CCCCC1NC(C2CCCC2)N(C(C)CC2CC2)C1=O. The third-order valence-electron chi connectivity index (χ3n) is 5.76. The van der Waals surface area contributed by atoms with Gasteiger partial charge in [-0.1, -0.05) is 45.4 Å². The molecule has 21 heavy (non-hydrogen) atoms. The van der Waals surface area contributed by atoms with Crippen LogP contribution in [0, 0.1) is 11.8 Å². The lowest BCUT2D eigenvalue weighted by Crippen LogP contribution is -2.47. The quantitative estimate of drug-likeness (QED) is 0.776. The Labute approximate surface area is 129 Å². The van der Waals surface area contributed by atoms with Crippen molar-refractivity contribution >= 4 is 5.91 Å². The van der Waals surface area contributed by atoms with E-state index < -0.39 is 0 Å². The number of hydrogen-bond acceptors (Lipinski definition) is 2. The molecule has 0 spiro atoms. The molecule has 0 aromatic carbocycles. The summed E-state index contributed by atoms with van der Waals surface area (Å²) in [6, 6.07) is 0.520. The summed E-state index contributed by atoms with van der Waals surface area (Å²) in [6.45, 7) is 4.49. The Morgan fingerprint density at radius 1 is 1.24 bits per heavy atom. The molecule has 1 aliphatic heterocycles. The molecule has 0 bridgehead atoms. The molecule has 1 saturated heterocycles. The highest BCUT2D eigenvalue weighted by atomic mass is 16.2. The summed E-state index contributed by atoms with van der Waals surface area (Å²) in [7, 11) is 0. The third-order valence-corrected chi connectivity index (χ3v) is 5.76. The largest absolute Gasteiger partial charge is 0.323 e. The van der Waals surface area contributed by atoms with Crippen LogP contribution in [0.15, 0.2) is 0 Å². The molecule has 0 aromatic heterocycles. The summed E-state index contributed by atoms with van der Waals surface area (Å²) < 4.78 is 0. The summed E-state index contributed by atoms with van der Waals surface area (Å²) in [4.78, 5) is 15.1. The molecule has 120 valence electrons. The number of unbranched alkanes of at least 4 members (excludes halogenated alkanes) is 1. The van der Waals surface area contributed by atoms with E-state index in [0.717, 1.165) is 18.8 Å². The molecule has 1 heterocycles. The molecule has 1 N–H and O–H groups in total. The van der Waals surface area contributed by atoms with Crippen LogP contribution >= 0.6 is 0 Å². The van der Waals surface area contributed by atoms with E-state index in [0.29, 0.717) is 24.0 Å². The first kappa shape index (κ1) is 15.3. The van der Waals surface area contributed by atoms with Crippen LogP contribution in [0.2, 0.25) is 0 Å². The fourth-order valence-corrected chi connectivity index (χ4v) is 4.37. The zero-order valence-corrected chi connectivity index (χ0v) is 13.8. The van der Waals surface area contributed by atoms with Crippen LogP contribution in [0.5, 0.6) is 0 Å². The van der Waals surface area contributed by atoms with Crippen molar-refractivity contribution in [3.63, 3.8) is 0 Å². The molecule has 3 atom stereocenters. The van der Waals surface area contributed by atoms with Gasteiger partial charge in [0, 0.05) is 6.04 Å². The van der Waals surface area contributed by atoms with Gasteiger partial charge in [0.25, 0.3) is 0 Å². The number of nitrogens with one attached hydrogen (secondary N) is 1. The number of hydrogen-bond donors (Lipinski definition) is 1. The smallest absolute Gasteiger partial charge is 0.241 e. The van der Waals surface area contributed by atoms with Crippen molar-refractivity contribution in [1.29, 1.82) is 0 Å². The highest BCUT2D eigenvalue weighted by molar-refractivity contribution is 5.84. The number of nitrogens with zero attached hydrogens (tertiary/aromatic N) is 1. The highest BCUT2D eigenvalue weighted by Gasteiger charge is 2.45. The van der Waals surface area contributed by atoms with Gasteiger partial charge >= 0.3 is 0 Å². The molecular formula is C18H32N2O. The lowest BCUT2D eigenvalue weighted by molar-refractivity contribution is -0.133. The lowest BCUT2D eigenvalue weighted by atomic mass is 10.0. The van der Waals surface area contributed by atoms with Crippen LogP contribution < -0.4 is 5.32 Å². The Bertz CT molecular complexity index is 360. The Kier molecular flexibility index (Phi) is 4.88. The molecule has 1 amide bonds. The van der Waals surface area contributed by atoms with Gasteiger partial charge in [0.2, 0.25) is 5.91 Å². The molecule has 3 unspecified atom stereocenters. The first-order chi connectivity index (χ1) is 10.2. The molecule has 3 rings (SSSR count). The van der Waals surface area contributed by atoms with Gasteiger partial charge in [-0.2, -0.15) is 0 Å². The monoisotopic (exact) mass is 292 g/mol. The number of rotatable bonds is 7. The maximum atomic E-state index is 12.9. The third kappa shape index (κ3) is 3.44. The predicted octanol–water partition coefficient (Wildman–Crippen LogP) is 3.68. The average molecular weight is 292 g/mol. The van der Waals surface area contributed by atoms with Gasteiger partial charge in [-0.05, 0) is 44.4 Å². The fraction of sp³-hybridized carbons (Fsp3) is 0.944. The maximum Gasteiger partial charge on any atom is 0.241 e. The molecule has 3 aliphatic rings. The van der Waals surface area contributed by atoms with Crippen molar-refractivity contribution in [3.8, 4) is 0 Å². The highest BCUT2D eigenvalue weighted by Crippen LogP contribution is 2.38. The minimum atomic E-state index is 0.0946. The number of carbonyl (C=O) groups is 1. The van der Waals surface area contributed by atoms with E-state index in [2.05, 4.69) is 24.1 Å². The van der Waals surface area contributed by atoms with E-state index in [1.54, 1.807) is 0 Å². The van der Waals surface area contributed by atoms with Gasteiger partial charge in [-0.25, -0.2) is 0 Å². The molecule has 3 heteroatoms. The van der Waals surface area contributed by atoms with Gasteiger partial charge in [0.05, 0.1) is 12.2 Å². The zero-order chi connectivity index (χ0) is 14.8. The molecule has 0 radical (unpaired) electrons. The van der Waals surface area contributed by atoms with Crippen molar-refractivity contribution < 1.29 is 4.79 Å². The summed E-state index contributed by atoms with van der Waals surface area (Å²) in [6.07, 6.45) is 13.0. The standard InChI is InChI=1S/C18H32N2O/c1-3-4-9-16-18(21)20(13(2)12-14-10-11-14)17(19-16)15-7-5-6-8-15/h13-17,19H,3-12H2,1-2H3.